The van der Waals surface area contributed by atoms with Crippen molar-refractivity contribution in [3.63, 3.8) is 0 Å². The maximum atomic E-state index is 12.0. The van der Waals surface area contributed by atoms with Crippen molar-refractivity contribution in [2.24, 2.45) is 5.92 Å². The fourth-order valence-electron chi connectivity index (χ4n) is 3.08. The molecule has 0 saturated heterocycles. The van der Waals surface area contributed by atoms with Crippen LogP contribution in [0.1, 0.15) is 62.0 Å². The van der Waals surface area contributed by atoms with Crippen molar-refractivity contribution >= 4 is 0 Å². The van der Waals surface area contributed by atoms with E-state index in [4.69, 9.17) is 5.11 Å². The molecule has 0 aromatic carbocycles. The van der Waals surface area contributed by atoms with Crippen LogP contribution in [0.2, 0.25) is 0 Å². The van der Waals surface area contributed by atoms with E-state index in [0.717, 1.165) is 30.3 Å². The highest BCUT2D eigenvalue weighted by molar-refractivity contribution is 5.18. The van der Waals surface area contributed by atoms with Gasteiger partial charge < -0.3 is 10.1 Å². The molecule has 1 heterocycles. The largest absolute Gasteiger partial charge is 0.396 e. The zero-order valence-electron chi connectivity index (χ0n) is 11.9. The normalized spacial score (nSPS) is 23.5. The molecular formula is C15H24N2O2. The Kier molecular flexibility index (Phi) is 4.75. The Bertz CT molecular complexity index is 474. The third-order valence-corrected chi connectivity index (χ3v) is 4.41. The number of nitrogens with zero attached hydrogens (tertiary/aromatic N) is 1. The highest BCUT2D eigenvalue weighted by atomic mass is 16.3. The summed E-state index contributed by atoms with van der Waals surface area (Å²) >= 11 is 0. The van der Waals surface area contributed by atoms with E-state index in [0.29, 0.717) is 17.9 Å². The first-order chi connectivity index (χ1) is 9.15. The summed E-state index contributed by atoms with van der Waals surface area (Å²) in [6.07, 6.45) is 6.37. The van der Waals surface area contributed by atoms with Gasteiger partial charge in [0.2, 0.25) is 0 Å². The molecule has 1 aliphatic carbocycles. The fraction of sp³-hybridized carbons (Fsp3) is 0.733. The summed E-state index contributed by atoms with van der Waals surface area (Å²) in [6, 6.07) is 0. The van der Waals surface area contributed by atoms with Gasteiger partial charge in [0.05, 0.1) is 0 Å². The number of nitrogens with one attached hydrogen (secondary N) is 1. The van der Waals surface area contributed by atoms with E-state index in [1.165, 1.54) is 19.3 Å². The van der Waals surface area contributed by atoms with Gasteiger partial charge in [-0.2, -0.15) is 0 Å². The van der Waals surface area contributed by atoms with E-state index in [-0.39, 0.29) is 12.2 Å². The van der Waals surface area contributed by atoms with E-state index in [1.54, 1.807) is 0 Å². The average molecular weight is 264 g/mol. The van der Waals surface area contributed by atoms with Gasteiger partial charge in [-0.3, -0.25) is 4.79 Å². The van der Waals surface area contributed by atoms with Gasteiger partial charge >= 0.3 is 0 Å². The quantitative estimate of drug-likeness (QED) is 0.877. The van der Waals surface area contributed by atoms with Gasteiger partial charge in [0.25, 0.3) is 5.56 Å². The van der Waals surface area contributed by atoms with Crippen LogP contribution in [0, 0.1) is 12.8 Å². The van der Waals surface area contributed by atoms with Gasteiger partial charge in [0.15, 0.2) is 0 Å². The molecule has 1 saturated carbocycles. The van der Waals surface area contributed by atoms with Crippen molar-refractivity contribution in [3.8, 4) is 0 Å². The van der Waals surface area contributed by atoms with E-state index in [9.17, 15) is 4.79 Å². The second-order valence-corrected chi connectivity index (χ2v) is 5.61. The second-order valence-electron chi connectivity index (χ2n) is 5.61. The van der Waals surface area contributed by atoms with Crippen molar-refractivity contribution in [1.29, 1.82) is 0 Å². The second kappa shape index (κ2) is 6.33. The molecular weight excluding hydrogens is 240 g/mol. The maximum absolute atomic E-state index is 12.0. The standard InChI is InChI=1S/C15H24N2O2/c1-3-11-4-6-12(7-5-11)14-16-10(2)13(8-9-18)15(19)17-14/h11-12,18H,3-9H2,1-2H3,(H,16,17,19). The van der Waals surface area contributed by atoms with Crippen LogP contribution < -0.4 is 5.56 Å². The Hall–Kier alpha value is -1.16. The van der Waals surface area contributed by atoms with Crippen molar-refractivity contribution in [2.75, 3.05) is 6.61 Å². The summed E-state index contributed by atoms with van der Waals surface area (Å²) in [4.78, 5) is 19.5. The molecule has 0 radical (unpaired) electrons. The van der Waals surface area contributed by atoms with E-state index < -0.39 is 0 Å². The smallest absolute Gasteiger partial charge is 0.254 e. The van der Waals surface area contributed by atoms with Crippen LogP contribution in [-0.2, 0) is 6.42 Å². The Morgan fingerprint density at radius 3 is 2.53 bits per heavy atom. The zero-order valence-corrected chi connectivity index (χ0v) is 11.9. The highest BCUT2D eigenvalue weighted by Gasteiger charge is 2.23. The summed E-state index contributed by atoms with van der Waals surface area (Å²) in [7, 11) is 0. The minimum Gasteiger partial charge on any atom is -0.396 e. The van der Waals surface area contributed by atoms with Crippen LogP contribution in [0.3, 0.4) is 0 Å². The molecule has 1 fully saturated rings. The highest BCUT2D eigenvalue weighted by Crippen LogP contribution is 2.35. The Morgan fingerprint density at radius 1 is 1.32 bits per heavy atom. The number of aromatic amines is 1. The van der Waals surface area contributed by atoms with Crippen LogP contribution >= 0.6 is 0 Å². The summed E-state index contributed by atoms with van der Waals surface area (Å²) < 4.78 is 0. The molecule has 2 rings (SSSR count). The topological polar surface area (TPSA) is 66.0 Å². The van der Waals surface area contributed by atoms with Crippen molar-refractivity contribution in [3.05, 3.63) is 27.4 Å². The summed E-state index contributed by atoms with van der Waals surface area (Å²) in [5.74, 6) is 2.09. The molecule has 4 heteroatoms. The van der Waals surface area contributed by atoms with Crippen LogP contribution in [0.15, 0.2) is 4.79 Å². The molecule has 0 atom stereocenters. The van der Waals surface area contributed by atoms with E-state index >= 15 is 0 Å². The van der Waals surface area contributed by atoms with Gasteiger partial charge in [0.1, 0.15) is 5.82 Å². The lowest BCUT2D eigenvalue weighted by molar-refractivity contribution is 0.297. The lowest BCUT2D eigenvalue weighted by Gasteiger charge is -2.27. The maximum Gasteiger partial charge on any atom is 0.254 e. The van der Waals surface area contributed by atoms with E-state index in [2.05, 4.69) is 16.9 Å². The Morgan fingerprint density at radius 2 is 2.00 bits per heavy atom. The number of aliphatic hydroxyl groups is 1. The molecule has 1 aliphatic rings. The zero-order chi connectivity index (χ0) is 13.8. The Balaban J connectivity index is 2.16. The first kappa shape index (κ1) is 14.3. The summed E-state index contributed by atoms with van der Waals surface area (Å²) in [5, 5.41) is 8.96. The van der Waals surface area contributed by atoms with Gasteiger partial charge in [0, 0.05) is 30.2 Å². The predicted molar refractivity (Wildman–Crippen MR) is 75.4 cm³/mol. The number of aromatic nitrogens is 2. The minimum atomic E-state index is -0.0748. The van der Waals surface area contributed by atoms with Crippen molar-refractivity contribution in [2.45, 2.75) is 58.3 Å². The SMILES string of the molecule is CCC1CCC(c2nc(C)c(CCO)c(=O)[nH]2)CC1. The number of hydrogen-bond donors (Lipinski definition) is 2. The lowest BCUT2D eigenvalue weighted by atomic mass is 9.80. The molecule has 4 nitrogen and oxygen atoms in total. The average Bonchev–Trinajstić information content (AvgIpc) is 2.43. The number of aryl methyl sites for hydroxylation is 1. The van der Waals surface area contributed by atoms with Gasteiger partial charge in [-0.15, -0.1) is 0 Å². The van der Waals surface area contributed by atoms with Gasteiger partial charge in [-0.25, -0.2) is 4.98 Å². The van der Waals surface area contributed by atoms with Crippen molar-refractivity contribution in [1.82, 2.24) is 9.97 Å². The predicted octanol–water partition coefficient (Wildman–Crippen LogP) is 2.30. The molecule has 19 heavy (non-hydrogen) atoms. The molecule has 0 amide bonds. The number of H-pyrrole nitrogens is 1. The monoisotopic (exact) mass is 264 g/mol. The van der Waals surface area contributed by atoms with E-state index in [1.807, 2.05) is 6.92 Å². The van der Waals surface area contributed by atoms with Crippen LogP contribution in [-0.4, -0.2) is 21.7 Å². The molecule has 0 aliphatic heterocycles. The summed E-state index contributed by atoms with van der Waals surface area (Å²) in [6.45, 7) is 4.10. The van der Waals surface area contributed by atoms with Gasteiger partial charge in [-0.1, -0.05) is 13.3 Å². The first-order valence-electron chi connectivity index (χ1n) is 7.36. The molecule has 0 unspecified atom stereocenters. The third-order valence-electron chi connectivity index (χ3n) is 4.41. The molecule has 2 N–H and O–H groups in total. The van der Waals surface area contributed by atoms with Crippen molar-refractivity contribution < 1.29 is 5.11 Å². The summed E-state index contributed by atoms with van der Waals surface area (Å²) in [5.41, 5.74) is 1.31. The number of aliphatic hydroxyl groups excluding tert-OH is 1. The molecule has 1 aromatic heterocycles. The molecule has 106 valence electrons. The van der Waals surface area contributed by atoms with Crippen LogP contribution in [0.4, 0.5) is 0 Å². The fourth-order valence-corrected chi connectivity index (χ4v) is 3.08. The van der Waals surface area contributed by atoms with Crippen LogP contribution in [0.5, 0.6) is 0 Å². The number of rotatable bonds is 4. The van der Waals surface area contributed by atoms with Crippen LogP contribution in [0.25, 0.3) is 0 Å². The lowest BCUT2D eigenvalue weighted by Crippen LogP contribution is -2.23. The molecule has 0 bridgehead atoms. The first-order valence-corrected chi connectivity index (χ1v) is 7.36. The molecule has 0 spiro atoms. The Labute approximate surface area is 114 Å². The number of hydrogen-bond acceptors (Lipinski definition) is 3. The third kappa shape index (κ3) is 3.24. The van der Waals surface area contributed by atoms with Gasteiger partial charge in [-0.05, 0) is 38.5 Å². The minimum absolute atomic E-state index is 0.00739. The molecule has 1 aromatic rings.